The predicted octanol–water partition coefficient (Wildman–Crippen LogP) is 4.55. The summed E-state index contributed by atoms with van der Waals surface area (Å²) < 4.78 is 0. The van der Waals surface area contributed by atoms with Crippen LogP contribution >= 0.6 is 11.3 Å². The van der Waals surface area contributed by atoms with Crippen molar-refractivity contribution in [1.29, 1.82) is 0 Å². The van der Waals surface area contributed by atoms with Crippen molar-refractivity contribution in [1.82, 2.24) is 10.3 Å². The highest BCUT2D eigenvalue weighted by atomic mass is 32.1. The fraction of sp³-hybridized carbons (Fsp3) is 0.500. The molecule has 3 heteroatoms. The van der Waals surface area contributed by atoms with Crippen LogP contribution in [0.2, 0.25) is 0 Å². The molecule has 1 N–H and O–H groups in total. The third-order valence-electron chi connectivity index (χ3n) is 3.92. The van der Waals surface area contributed by atoms with Gasteiger partial charge in [-0.25, -0.2) is 4.98 Å². The van der Waals surface area contributed by atoms with Crippen molar-refractivity contribution < 1.29 is 0 Å². The maximum Gasteiger partial charge on any atom is 0.107 e. The molecule has 1 aromatic carbocycles. The Labute approximate surface area is 132 Å². The molecule has 0 radical (unpaired) electrons. The minimum Gasteiger partial charge on any atom is -0.308 e. The topological polar surface area (TPSA) is 24.9 Å². The van der Waals surface area contributed by atoms with Crippen LogP contribution in [0.15, 0.2) is 36.5 Å². The van der Waals surface area contributed by atoms with Gasteiger partial charge in [0.15, 0.2) is 0 Å². The Bertz CT molecular complexity index is 545. The molecule has 0 bridgehead atoms. The van der Waals surface area contributed by atoms with Crippen molar-refractivity contribution in [2.75, 3.05) is 0 Å². The molecule has 1 unspecified atom stereocenters. The lowest BCUT2D eigenvalue weighted by atomic mass is 9.79. The number of hydrogen-bond acceptors (Lipinski definition) is 3. The van der Waals surface area contributed by atoms with Crippen LogP contribution in [-0.4, -0.2) is 11.0 Å². The Kier molecular flexibility index (Phi) is 5.54. The molecular formula is C18H26N2S. The van der Waals surface area contributed by atoms with E-state index in [1.165, 1.54) is 15.4 Å². The Balaban J connectivity index is 1.87. The van der Waals surface area contributed by atoms with E-state index in [-0.39, 0.29) is 5.41 Å². The van der Waals surface area contributed by atoms with E-state index in [0.717, 1.165) is 19.4 Å². The minimum absolute atomic E-state index is 0.186. The van der Waals surface area contributed by atoms with E-state index in [1.807, 2.05) is 17.5 Å². The normalized spacial score (nSPS) is 13.3. The van der Waals surface area contributed by atoms with Crippen LogP contribution < -0.4 is 5.32 Å². The van der Waals surface area contributed by atoms with Gasteiger partial charge in [-0.15, -0.1) is 11.3 Å². The zero-order valence-electron chi connectivity index (χ0n) is 13.5. The van der Waals surface area contributed by atoms with E-state index < -0.39 is 0 Å². The second kappa shape index (κ2) is 7.19. The van der Waals surface area contributed by atoms with E-state index in [9.17, 15) is 0 Å². The predicted molar refractivity (Wildman–Crippen MR) is 91.9 cm³/mol. The lowest BCUT2D eigenvalue weighted by Crippen LogP contribution is -2.32. The molecule has 0 saturated heterocycles. The summed E-state index contributed by atoms with van der Waals surface area (Å²) in [5.74, 6) is 0. The zero-order chi connectivity index (χ0) is 15.3. The van der Waals surface area contributed by atoms with Crippen LogP contribution in [0, 0.1) is 0 Å². The maximum absolute atomic E-state index is 4.47. The zero-order valence-corrected chi connectivity index (χ0v) is 14.3. The largest absolute Gasteiger partial charge is 0.308 e. The van der Waals surface area contributed by atoms with Gasteiger partial charge in [-0.3, -0.25) is 0 Å². The molecule has 2 rings (SSSR count). The number of thiazole rings is 1. The molecule has 0 aliphatic heterocycles. The van der Waals surface area contributed by atoms with Crippen molar-refractivity contribution in [3.63, 3.8) is 0 Å². The van der Waals surface area contributed by atoms with Crippen LogP contribution in [0.1, 0.15) is 49.6 Å². The summed E-state index contributed by atoms with van der Waals surface area (Å²) >= 11 is 1.82. The molecular weight excluding hydrogens is 276 g/mol. The van der Waals surface area contributed by atoms with Crippen molar-refractivity contribution in [2.45, 2.75) is 58.5 Å². The monoisotopic (exact) mass is 302 g/mol. The maximum atomic E-state index is 4.47. The Hall–Kier alpha value is -1.19. The molecule has 114 valence electrons. The molecule has 1 aromatic heterocycles. The number of hydrogen-bond donors (Lipinski definition) is 1. The lowest BCUT2D eigenvalue weighted by Gasteiger charge is -2.29. The number of nitrogens with one attached hydrogen (secondary N) is 1. The van der Waals surface area contributed by atoms with Crippen molar-refractivity contribution in [3.05, 3.63) is 52.0 Å². The van der Waals surface area contributed by atoms with Gasteiger partial charge in [-0.2, -0.15) is 0 Å². The summed E-state index contributed by atoms with van der Waals surface area (Å²) in [5.41, 5.74) is 1.59. The lowest BCUT2D eigenvalue weighted by molar-refractivity contribution is 0.388. The van der Waals surface area contributed by atoms with Gasteiger partial charge in [-0.1, -0.05) is 51.1 Å². The first-order valence-electron chi connectivity index (χ1n) is 7.74. The van der Waals surface area contributed by atoms with Gasteiger partial charge in [0.1, 0.15) is 5.01 Å². The third-order valence-corrected chi connectivity index (χ3v) is 5.07. The molecule has 0 fully saturated rings. The fourth-order valence-electron chi connectivity index (χ4n) is 2.70. The Morgan fingerprint density at radius 3 is 2.57 bits per heavy atom. The van der Waals surface area contributed by atoms with Gasteiger partial charge in [0, 0.05) is 23.7 Å². The molecule has 0 spiro atoms. The smallest absolute Gasteiger partial charge is 0.107 e. The molecule has 1 atom stereocenters. The van der Waals surface area contributed by atoms with Crippen LogP contribution in [0.5, 0.6) is 0 Å². The summed E-state index contributed by atoms with van der Waals surface area (Å²) in [5, 5.41) is 4.80. The van der Waals surface area contributed by atoms with Crippen LogP contribution in [0.25, 0.3) is 0 Å². The average Bonchev–Trinajstić information content (AvgIpc) is 2.94. The fourth-order valence-corrected chi connectivity index (χ4v) is 3.51. The summed E-state index contributed by atoms with van der Waals surface area (Å²) in [6.45, 7) is 9.95. The second-order valence-electron chi connectivity index (χ2n) is 6.31. The molecule has 0 amide bonds. The first-order chi connectivity index (χ1) is 10.0. The van der Waals surface area contributed by atoms with Crippen LogP contribution in [0.3, 0.4) is 0 Å². The minimum atomic E-state index is 0.186. The van der Waals surface area contributed by atoms with Gasteiger partial charge < -0.3 is 5.32 Å². The van der Waals surface area contributed by atoms with Gasteiger partial charge in [0.25, 0.3) is 0 Å². The van der Waals surface area contributed by atoms with E-state index in [0.29, 0.717) is 6.04 Å². The van der Waals surface area contributed by atoms with Crippen molar-refractivity contribution in [3.8, 4) is 0 Å². The molecule has 0 aliphatic carbocycles. The molecule has 0 aliphatic rings. The summed E-state index contributed by atoms with van der Waals surface area (Å²) in [6.07, 6.45) is 4.19. The Morgan fingerprint density at radius 2 is 1.95 bits per heavy atom. The molecule has 2 aromatic rings. The van der Waals surface area contributed by atoms with E-state index in [2.05, 4.69) is 68.3 Å². The highest BCUT2D eigenvalue weighted by molar-refractivity contribution is 7.11. The van der Waals surface area contributed by atoms with E-state index >= 15 is 0 Å². The van der Waals surface area contributed by atoms with E-state index in [1.54, 1.807) is 0 Å². The number of nitrogens with zero attached hydrogens (tertiary/aromatic N) is 1. The van der Waals surface area contributed by atoms with Crippen molar-refractivity contribution >= 4 is 11.3 Å². The molecule has 1 heterocycles. The Morgan fingerprint density at radius 1 is 1.24 bits per heavy atom. The highest BCUT2D eigenvalue weighted by Gasteiger charge is 2.23. The molecule has 2 nitrogen and oxygen atoms in total. The SMILES string of the molecule is CCc1cnc(CNC(C)CC(C)(C)c2ccccc2)s1. The van der Waals surface area contributed by atoms with Crippen molar-refractivity contribution in [2.24, 2.45) is 0 Å². The standard InChI is InChI=1S/C18H26N2S/c1-5-16-12-20-17(21-16)13-19-14(2)11-18(3,4)15-9-7-6-8-10-15/h6-10,12,14,19H,5,11,13H2,1-4H3. The first-order valence-corrected chi connectivity index (χ1v) is 8.55. The summed E-state index contributed by atoms with van der Waals surface area (Å²) in [7, 11) is 0. The van der Waals surface area contributed by atoms with Crippen LogP contribution in [-0.2, 0) is 18.4 Å². The van der Waals surface area contributed by atoms with Crippen LogP contribution in [0.4, 0.5) is 0 Å². The number of benzene rings is 1. The summed E-state index contributed by atoms with van der Waals surface area (Å²) in [4.78, 5) is 5.83. The number of aryl methyl sites for hydroxylation is 1. The van der Waals surface area contributed by atoms with Gasteiger partial charge in [0.05, 0.1) is 0 Å². The number of aromatic nitrogens is 1. The summed E-state index contributed by atoms with van der Waals surface area (Å²) in [6, 6.07) is 11.2. The third kappa shape index (κ3) is 4.65. The van der Waals surface area contributed by atoms with E-state index in [4.69, 9.17) is 0 Å². The molecule has 0 saturated carbocycles. The van der Waals surface area contributed by atoms with Gasteiger partial charge in [0.2, 0.25) is 0 Å². The quantitative estimate of drug-likeness (QED) is 0.811. The first kappa shape index (κ1) is 16.2. The second-order valence-corrected chi connectivity index (χ2v) is 7.51. The highest BCUT2D eigenvalue weighted by Crippen LogP contribution is 2.28. The average molecular weight is 302 g/mol. The molecule has 21 heavy (non-hydrogen) atoms. The number of rotatable bonds is 7. The van der Waals surface area contributed by atoms with Gasteiger partial charge >= 0.3 is 0 Å². The van der Waals surface area contributed by atoms with Gasteiger partial charge in [-0.05, 0) is 30.7 Å².